The molecular formula is C16H15NO2. The lowest BCUT2D eigenvalue weighted by Crippen LogP contribution is -1.99. The number of nitriles is 1. The lowest BCUT2D eigenvalue weighted by atomic mass is 10.1. The van der Waals surface area contributed by atoms with Gasteiger partial charge in [0.05, 0.1) is 18.2 Å². The molecular weight excluding hydrogens is 238 g/mol. The van der Waals surface area contributed by atoms with Crippen LogP contribution in [0.5, 0.6) is 5.75 Å². The van der Waals surface area contributed by atoms with Crippen molar-refractivity contribution >= 4 is 0 Å². The highest BCUT2D eigenvalue weighted by molar-refractivity contribution is 5.37. The van der Waals surface area contributed by atoms with E-state index in [1.54, 1.807) is 12.1 Å². The number of rotatable bonds is 4. The molecule has 2 aromatic rings. The zero-order valence-electron chi connectivity index (χ0n) is 10.8. The molecule has 0 amide bonds. The van der Waals surface area contributed by atoms with Gasteiger partial charge >= 0.3 is 0 Å². The van der Waals surface area contributed by atoms with Gasteiger partial charge in [-0.05, 0) is 30.7 Å². The van der Waals surface area contributed by atoms with Gasteiger partial charge in [-0.25, -0.2) is 0 Å². The quantitative estimate of drug-likeness (QED) is 0.911. The minimum atomic E-state index is -0.0464. The molecule has 0 spiro atoms. The Balaban J connectivity index is 2.12. The standard InChI is InChI=1S/C16H15NO2/c1-12-5-6-16(15(7-12)10-18)19-11-14-4-2-3-13(8-14)9-17/h2-8,18H,10-11H2,1H3. The van der Waals surface area contributed by atoms with E-state index in [-0.39, 0.29) is 6.61 Å². The number of hydrogen-bond donors (Lipinski definition) is 1. The number of aliphatic hydroxyl groups is 1. The van der Waals surface area contributed by atoms with Crippen LogP contribution in [0.3, 0.4) is 0 Å². The fourth-order valence-electron chi connectivity index (χ4n) is 1.86. The second kappa shape index (κ2) is 6.03. The maximum Gasteiger partial charge on any atom is 0.125 e. The van der Waals surface area contributed by atoms with Crippen LogP contribution in [0.2, 0.25) is 0 Å². The number of nitrogens with zero attached hydrogens (tertiary/aromatic N) is 1. The Morgan fingerprint density at radius 1 is 1.21 bits per heavy atom. The Bertz CT molecular complexity index is 614. The fraction of sp³-hybridized carbons (Fsp3) is 0.188. The van der Waals surface area contributed by atoms with Crippen molar-refractivity contribution in [1.29, 1.82) is 5.26 Å². The van der Waals surface area contributed by atoms with E-state index in [1.165, 1.54) is 0 Å². The summed E-state index contributed by atoms with van der Waals surface area (Å²) in [5.74, 6) is 0.676. The van der Waals surface area contributed by atoms with E-state index in [2.05, 4.69) is 6.07 Å². The van der Waals surface area contributed by atoms with Crippen LogP contribution in [0.15, 0.2) is 42.5 Å². The zero-order valence-corrected chi connectivity index (χ0v) is 10.8. The first-order valence-electron chi connectivity index (χ1n) is 6.05. The van der Waals surface area contributed by atoms with Crippen molar-refractivity contribution in [2.75, 3.05) is 0 Å². The van der Waals surface area contributed by atoms with E-state index >= 15 is 0 Å². The Kier molecular flexibility index (Phi) is 4.17. The third-order valence-electron chi connectivity index (χ3n) is 2.84. The van der Waals surface area contributed by atoms with Gasteiger partial charge in [0.15, 0.2) is 0 Å². The first kappa shape index (κ1) is 13.1. The lowest BCUT2D eigenvalue weighted by Gasteiger charge is -2.11. The summed E-state index contributed by atoms with van der Waals surface area (Å²) in [5.41, 5.74) is 3.41. The van der Waals surface area contributed by atoms with Gasteiger partial charge in [-0.15, -0.1) is 0 Å². The molecule has 0 aliphatic heterocycles. The average molecular weight is 253 g/mol. The second-order valence-electron chi connectivity index (χ2n) is 4.37. The van der Waals surface area contributed by atoms with E-state index in [0.29, 0.717) is 17.9 Å². The van der Waals surface area contributed by atoms with E-state index in [9.17, 15) is 5.11 Å². The molecule has 19 heavy (non-hydrogen) atoms. The van der Waals surface area contributed by atoms with Crippen molar-refractivity contribution in [2.45, 2.75) is 20.1 Å². The molecule has 3 heteroatoms. The van der Waals surface area contributed by atoms with E-state index in [1.807, 2.05) is 37.3 Å². The maximum atomic E-state index is 9.30. The smallest absolute Gasteiger partial charge is 0.125 e. The Morgan fingerprint density at radius 2 is 2.05 bits per heavy atom. The summed E-state index contributed by atoms with van der Waals surface area (Å²) in [4.78, 5) is 0. The molecule has 2 aromatic carbocycles. The highest BCUT2D eigenvalue weighted by Crippen LogP contribution is 2.21. The van der Waals surface area contributed by atoms with Crippen molar-refractivity contribution in [3.63, 3.8) is 0 Å². The van der Waals surface area contributed by atoms with Crippen molar-refractivity contribution in [2.24, 2.45) is 0 Å². The van der Waals surface area contributed by atoms with Gasteiger partial charge in [0.25, 0.3) is 0 Å². The molecule has 2 rings (SSSR count). The first-order valence-corrected chi connectivity index (χ1v) is 6.05. The van der Waals surface area contributed by atoms with Crippen LogP contribution in [0.25, 0.3) is 0 Å². The van der Waals surface area contributed by atoms with Gasteiger partial charge < -0.3 is 9.84 Å². The minimum Gasteiger partial charge on any atom is -0.489 e. The highest BCUT2D eigenvalue weighted by atomic mass is 16.5. The summed E-state index contributed by atoms with van der Waals surface area (Å²) < 4.78 is 5.70. The molecule has 3 nitrogen and oxygen atoms in total. The topological polar surface area (TPSA) is 53.2 Å². The number of hydrogen-bond acceptors (Lipinski definition) is 3. The molecule has 0 aliphatic rings. The van der Waals surface area contributed by atoms with Gasteiger partial charge in [0.2, 0.25) is 0 Å². The number of benzene rings is 2. The summed E-state index contributed by atoms with van der Waals surface area (Å²) in [6.45, 7) is 2.31. The van der Waals surface area contributed by atoms with E-state index in [4.69, 9.17) is 10.00 Å². The third-order valence-corrected chi connectivity index (χ3v) is 2.84. The SMILES string of the molecule is Cc1ccc(OCc2cccc(C#N)c2)c(CO)c1. The van der Waals surface area contributed by atoms with Crippen molar-refractivity contribution in [1.82, 2.24) is 0 Å². The van der Waals surface area contributed by atoms with Crippen LogP contribution in [0, 0.1) is 18.3 Å². The third kappa shape index (κ3) is 3.34. The average Bonchev–Trinajstić information content (AvgIpc) is 2.46. The summed E-state index contributed by atoms with van der Waals surface area (Å²) in [6.07, 6.45) is 0. The molecule has 96 valence electrons. The second-order valence-corrected chi connectivity index (χ2v) is 4.37. The van der Waals surface area contributed by atoms with Crippen LogP contribution in [-0.2, 0) is 13.2 Å². The molecule has 0 saturated carbocycles. The van der Waals surface area contributed by atoms with Crippen LogP contribution in [0.4, 0.5) is 0 Å². The van der Waals surface area contributed by atoms with Crippen molar-refractivity contribution in [3.05, 3.63) is 64.7 Å². The highest BCUT2D eigenvalue weighted by Gasteiger charge is 2.04. The molecule has 0 heterocycles. The van der Waals surface area contributed by atoms with Gasteiger partial charge in [0, 0.05) is 5.56 Å². The summed E-state index contributed by atoms with van der Waals surface area (Å²) in [6, 6.07) is 15.1. The van der Waals surface area contributed by atoms with Crippen LogP contribution in [-0.4, -0.2) is 5.11 Å². The Hall–Kier alpha value is -2.31. The maximum absolute atomic E-state index is 9.30. The molecule has 0 atom stereocenters. The summed E-state index contributed by atoms with van der Waals surface area (Å²) >= 11 is 0. The van der Waals surface area contributed by atoms with Gasteiger partial charge in [-0.1, -0.05) is 29.8 Å². The number of aryl methyl sites for hydroxylation is 1. The number of aliphatic hydroxyl groups excluding tert-OH is 1. The van der Waals surface area contributed by atoms with Gasteiger partial charge in [0.1, 0.15) is 12.4 Å². The fourth-order valence-corrected chi connectivity index (χ4v) is 1.86. The zero-order chi connectivity index (χ0) is 13.7. The van der Waals surface area contributed by atoms with Crippen LogP contribution < -0.4 is 4.74 Å². The van der Waals surface area contributed by atoms with E-state index < -0.39 is 0 Å². The van der Waals surface area contributed by atoms with Gasteiger partial charge in [-0.2, -0.15) is 5.26 Å². The van der Waals surface area contributed by atoms with Crippen molar-refractivity contribution < 1.29 is 9.84 Å². The minimum absolute atomic E-state index is 0.0464. The van der Waals surface area contributed by atoms with E-state index in [0.717, 1.165) is 16.7 Å². The first-order chi connectivity index (χ1) is 9.22. The predicted octanol–water partition coefficient (Wildman–Crippen LogP) is 2.94. The Morgan fingerprint density at radius 3 is 2.79 bits per heavy atom. The van der Waals surface area contributed by atoms with Gasteiger partial charge in [-0.3, -0.25) is 0 Å². The lowest BCUT2D eigenvalue weighted by molar-refractivity contribution is 0.259. The van der Waals surface area contributed by atoms with Crippen LogP contribution >= 0.6 is 0 Å². The molecule has 0 bridgehead atoms. The van der Waals surface area contributed by atoms with Crippen LogP contribution in [0.1, 0.15) is 22.3 Å². The molecule has 0 aliphatic carbocycles. The Labute approximate surface area is 112 Å². The molecule has 0 unspecified atom stereocenters. The number of ether oxygens (including phenoxy) is 1. The molecule has 1 N–H and O–H groups in total. The molecule has 0 aromatic heterocycles. The molecule has 0 fully saturated rings. The normalized spacial score (nSPS) is 9.95. The predicted molar refractivity (Wildman–Crippen MR) is 72.6 cm³/mol. The monoisotopic (exact) mass is 253 g/mol. The summed E-state index contributed by atoms with van der Waals surface area (Å²) in [5, 5.41) is 18.1. The molecule has 0 saturated heterocycles. The largest absolute Gasteiger partial charge is 0.489 e. The summed E-state index contributed by atoms with van der Waals surface area (Å²) in [7, 11) is 0. The molecule has 0 radical (unpaired) electrons. The van der Waals surface area contributed by atoms with Crippen molar-refractivity contribution in [3.8, 4) is 11.8 Å².